The number of carbonyl (C=O) groups excluding carboxylic acids is 3. The lowest BCUT2D eigenvalue weighted by Crippen LogP contribution is -2.44. The van der Waals surface area contributed by atoms with E-state index in [1.807, 2.05) is 0 Å². The Labute approximate surface area is 270 Å². The number of likely N-dealkylation sites (N-methyl/N-ethyl adjacent to an activating group) is 1. The zero-order valence-electron chi connectivity index (χ0n) is 25.6. The van der Waals surface area contributed by atoms with E-state index in [0.29, 0.717) is 6.07 Å². The minimum atomic E-state index is -1.50. The summed E-state index contributed by atoms with van der Waals surface area (Å²) >= 11 is 0. The molecule has 1 atom stereocenters. The number of fused-ring (bicyclic) bond motifs is 1. The van der Waals surface area contributed by atoms with Crippen molar-refractivity contribution in [2.45, 2.75) is 32.0 Å². The molecule has 13 nitrogen and oxygen atoms in total. The van der Waals surface area contributed by atoms with Crippen LogP contribution in [0.5, 0.6) is 5.75 Å². The Morgan fingerprint density at radius 2 is 1.81 bits per heavy atom. The average molecular weight is 670 g/mol. The fourth-order valence-electron chi connectivity index (χ4n) is 4.73. The maximum atomic E-state index is 14.6. The molecule has 2 heterocycles. The van der Waals surface area contributed by atoms with Crippen LogP contribution in [0.1, 0.15) is 24.1 Å². The van der Waals surface area contributed by atoms with E-state index in [4.69, 9.17) is 4.74 Å². The first-order valence-corrected chi connectivity index (χ1v) is 14.3. The maximum Gasteiger partial charge on any atom is 0.416 e. The van der Waals surface area contributed by atoms with Gasteiger partial charge in [-0.05, 0) is 55.3 Å². The number of carboxylic acid groups (broad SMARTS) is 1. The number of ether oxygens (including phenoxy) is 2. The van der Waals surface area contributed by atoms with Crippen LogP contribution in [0.4, 0.5) is 28.4 Å². The maximum absolute atomic E-state index is 14.6. The normalized spacial score (nSPS) is 11.7. The summed E-state index contributed by atoms with van der Waals surface area (Å²) in [7, 11) is 2.55. The summed E-state index contributed by atoms with van der Waals surface area (Å²) in [6, 6.07) is 7.67. The Kier molecular flexibility index (Phi) is 11.2. The third kappa shape index (κ3) is 8.39. The smallest absolute Gasteiger partial charge is 0.416 e. The molecular formula is C32H30F3N5O8. The second-order valence-electron chi connectivity index (χ2n) is 10.2. The molecule has 0 spiro atoms. The van der Waals surface area contributed by atoms with Crippen molar-refractivity contribution in [1.29, 1.82) is 0 Å². The third-order valence-electron chi connectivity index (χ3n) is 7.03. The van der Waals surface area contributed by atoms with Crippen LogP contribution in [-0.2, 0) is 27.5 Å². The van der Waals surface area contributed by atoms with Gasteiger partial charge in [0.25, 0.3) is 5.56 Å². The number of nitrogens with one attached hydrogen (secondary N) is 3. The van der Waals surface area contributed by atoms with Crippen molar-refractivity contribution < 1.29 is 46.9 Å². The molecule has 1 unspecified atom stereocenters. The van der Waals surface area contributed by atoms with Crippen LogP contribution < -0.4 is 26.2 Å². The molecule has 2 aromatic heterocycles. The molecule has 0 fully saturated rings. The number of anilines is 1. The van der Waals surface area contributed by atoms with Crippen molar-refractivity contribution >= 4 is 40.6 Å². The number of nitrogens with zero attached hydrogens (tertiary/aromatic N) is 2. The molecule has 3 amide bonds. The highest BCUT2D eigenvalue weighted by Gasteiger charge is 2.23. The molecule has 0 aliphatic rings. The number of alkyl carbamates (subject to hydrolysis) is 1. The Hall–Kier alpha value is -6.06. The van der Waals surface area contributed by atoms with Gasteiger partial charge in [0.2, 0.25) is 11.8 Å². The number of amides is 3. The van der Waals surface area contributed by atoms with Crippen LogP contribution >= 0.6 is 0 Å². The molecule has 0 bridgehead atoms. The van der Waals surface area contributed by atoms with Crippen LogP contribution in [0, 0.1) is 17.5 Å². The predicted octanol–water partition coefficient (Wildman–Crippen LogP) is 4.12. The fraction of sp³-hybridized carbons (Fsp3) is 0.219. The van der Waals surface area contributed by atoms with Gasteiger partial charge < -0.3 is 35.1 Å². The number of rotatable bonds is 12. The SMILES string of the molecule is CNC(=O)C=CCCC(NC(=O)OC)C(=O)Nc1cccn(Cc2cc3cc(F)cc(OCc4ccc(F)cc4F)c3n2C(=O)O)c1=O. The lowest BCUT2D eigenvalue weighted by Gasteiger charge is -2.17. The highest BCUT2D eigenvalue weighted by atomic mass is 19.1. The Balaban J connectivity index is 1.61. The van der Waals surface area contributed by atoms with Gasteiger partial charge >= 0.3 is 12.2 Å². The molecule has 0 saturated heterocycles. The molecule has 0 saturated carbocycles. The van der Waals surface area contributed by atoms with E-state index in [1.165, 1.54) is 43.6 Å². The molecule has 16 heteroatoms. The standard InChI is InChI=1S/C32H30F3N5O8/c1-36-27(41)8-4-3-6-24(38-31(44)47-2)29(42)37-25-7-5-11-39(30(25)43)16-22-13-19-12-21(34)15-26(28(19)40(22)32(45)46)48-17-18-9-10-20(33)14-23(18)35/h4-5,7-15,24H,3,6,16-17H2,1-2H3,(H,36,41)(H,37,42)(H,38,44)(H,45,46). The molecule has 4 rings (SSSR count). The third-order valence-corrected chi connectivity index (χ3v) is 7.03. The van der Waals surface area contributed by atoms with Gasteiger partial charge in [-0.2, -0.15) is 0 Å². The summed E-state index contributed by atoms with van der Waals surface area (Å²) in [5.41, 5.74) is -1.06. The molecule has 2 aromatic carbocycles. The highest BCUT2D eigenvalue weighted by Crippen LogP contribution is 2.32. The van der Waals surface area contributed by atoms with Gasteiger partial charge in [-0.15, -0.1) is 0 Å². The number of pyridine rings is 1. The predicted molar refractivity (Wildman–Crippen MR) is 166 cm³/mol. The van der Waals surface area contributed by atoms with Gasteiger partial charge in [0.05, 0.1) is 19.3 Å². The number of carbonyl (C=O) groups is 4. The first-order chi connectivity index (χ1) is 22.9. The van der Waals surface area contributed by atoms with Crippen molar-refractivity contribution in [1.82, 2.24) is 19.8 Å². The van der Waals surface area contributed by atoms with Crippen molar-refractivity contribution in [2.75, 3.05) is 19.5 Å². The average Bonchev–Trinajstić information content (AvgIpc) is 3.41. The summed E-state index contributed by atoms with van der Waals surface area (Å²) in [5.74, 6) is -3.88. The van der Waals surface area contributed by atoms with Crippen LogP contribution in [-0.4, -0.2) is 58.4 Å². The van der Waals surface area contributed by atoms with Crippen LogP contribution in [0.2, 0.25) is 0 Å². The first-order valence-electron chi connectivity index (χ1n) is 14.3. The molecule has 4 aromatic rings. The molecular weight excluding hydrogens is 639 g/mol. The van der Waals surface area contributed by atoms with Crippen LogP contribution in [0.3, 0.4) is 0 Å². The van der Waals surface area contributed by atoms with Crippen LogP contribution in [0.15, 0.2) is 71.7 Å². The summed E-state index contributed by atoms with van der Waals surface area (Å²) < 4.78 is 54.1. The fourth-order valence-corrected chi connectivity index (χ4v) is 4.73. The molecule has 0 aliphatic heterocycles. The largest absolute Gasteiger partial charge is 0.486 e. The van der Waals surface area contributed by atoms with Crippen LogP contribution in [0.25, 0.3) is 10.9 Å². The van der Waals surface area contributed by atoms with Gasteiger partial charge in [0, 0.05) is 36.3 Å². The van der Waals surface area contributed by atoms with E-state index in [0.717, 1.165) is 40.5 Å². The van der Waals surface area contributed by atoms with E-state index in [1.54, 1.807) is 0 Å². The number of hydrogen-bond acceptors (Lipinski definition) is 7. The second kappa shape index (κ2) is 15.5. The number of methoxy groups -OCH3 is 1. The molecule has 252 valence electrons. The van der Waals surface area contributed by atoms with Gasteiger partial charge in [-0.3, -0.25) is 14.4 Å². The summed E-state index contributed by atoms with van der Waals surface area (Å²) in [4.78, 5) is 62.2. The van der Waals surface area contributed by atoms with E-state index in [2.05, 4.69) is 20.7 Å². The van der Waals surface area contributed by atoms with E-state index in [-0.39, 0.29) is 58.9 Å². The Morgan fingerprint density at radius 1 is 1.04 bits per heavy atom. The minimum absolute atomic E-state index is 0.0135. The number of halogens is 3. The second-order valence-corrected chi connectivity index (χ2v) is 10.2. The lowest BCUT2D eigenvalue weighted by molar-refractivity contribution is -0.118. The lowest BCUT2D eigenvalue weighted by atomic mass is 10.1. The first kappa shape index (κ1) is 34.8. The van der Waals surface area contributed by atoms with Crippen molar-refractivity contribution in [2.24, 2.45) is 0 Å². The zero-order chi connectivity index (χ0) is 35.0. The van der Waals surface area contributed by atoms with E-state index >= 15 is 0 Å². The minimum Gasteiger partial charge on any atom is -0.486 e. The Morgan fingerprint density at radius 3 is 2.50 bits per heavy atom. The number of aromatic nitrogens is 2. The van der Waals surface area contributed by atoms with Crippen molar-refractivity contribution in [3.63, 3.8) is 0 Å². The topological polar surface area (TPSA) is 170 Å². The zero-order valence-corrected chi connectivity index (χ0v) is 25.6. The summed E-state index contributed by atoms with van der Waals surface area (Å²) in [5, 5.41) is 17.4. The van der Waals surface area contributed by atoms with Crippen molar-refractivity contribution in [3.05, 3.63) is 106 Å². The van der Waals surface area contributed by atoms with Gasteiger partial charge in [0.15, 0.2) is 0 Å². The highest BCUT2D eigenvalue weighted by molar-refractivity contribution is 5.96. The van der Waals surface area contributed by atoms with E-state index in [9.17, 15) is 42.3 Å². The molecule has 4 N–H and O–H groups in total. The van der Waals surface area contributed by atoms with Gasteiger partial charge in [-0.25, -0.2) is 27.3 Å². The molecule has 48 heavy (non-hydrogen) atoms. The summed E-state index contributed by atoms with van der Waals surface area (Å²) in [6.07, 6.45) is 1.95. The number of allylic oxidation sites excluding steroid dienone is 1. The van der Waals surface area contributed by atoms with Gasteiger partial charge in [0.1, 0.15) is 47.1 Å². The van der Waals surface area contributed by atoms with Gasteiger partial charge in [-0.1, -0.05) is 6.08 Å². The Bertz CT molecular complexity index is 1960. The number of benzene rings is 2. The summed E-state index contributed by atoms with van der Waals surface area (Å²) in [6.45, 7) is -0.826. The van der Waals surface area contributed by atoms with Crippen molar-refractivity contribution in [3.8, 4) is 5.75 Å². The quantitative estimate of drug-likeness (QED) is 0.163. The number of hydrogen-bond donors (Lipinski definition) is 4. The monoisotopic (exact) mass is 669 g/mol. The molecule has 0 radical (unpaired) electrons. The molecule has 0 aliphatic carbocycles. The van der Waals surface area contributed by atoms with E-state index < -0.39 is 53.8 Å².